The highest BCUT2D eigenvalue weighted by Gasteiger charge is 2.54. The second kappa shape index (κ2) is 5.61. The third-order valence-corrected chi connectivity index (χ3v) is 5.56. The fourth-order valence-corrected chi connectivity index (χ4v) is 4.27. The number of nitrogens with zero attached hydrogens (tertiary/aromatic N) is 7. The molecule has 1 fully saturated rings. The molecule has 5 rings (SSSR count). The van der Waals surface area contributed by atoms with Crippen molar-refractivity contribution in [1.29, 1.82) is 0 Å². The first-order chi connectivity index (χ1) is 13.0. The average molecular weight is 374 g/mol. The van der Waals surface area contributed by atoms with Gasteiger partial charge in [0.15, 0.2) is 5.82 Å². The molecule has 1 unspecified atom stereocenters. The van der Waals surface area contributed by atoms with Crippen molar-refractivity contribution < 1.29 is 8.78 Å². The van der Waals surface area contributed by atoms with E-state index < -0.39 is 5.92 Å². The largest absolute Gasteiger partial charge is 0.344 e. The summed E-state index contributed by atoms with van der Waals surface area (Å²) in [4.78, 5) is 17.4. The van der Waals surface area contributed by atoms with Crippen LogP contribution in [-0.2, 0) is 0 Å². The number of nitrogens with one attached hydrogen (secondary N) is 1. The van der Waals surface area contributed by atoms with Crippen LogP contribution >= 0.6 is 0 Å². The van der Waals surface area contributed by atoms with Gasteiger partial charge in [-0.05, 0) is 13.3 Å². The van der Waals surface area contributed by atoms with E-state index in [9.17, 15) is 8.78 Å². The Labute approximate surface area is 154 Å². The van der Waals surface area contributed by atoms with Crippen LogP contribution in [0.1, 0.15) is 33.1 Å². The highest BCUT2D eigenvalue weighted by atomic mass is 19.3. The van der Waals surface area contributed by atoms with Crippen molar-refractivity contribution in [2.24, 2.45) is 5.10 Å². The maximum atomic E-state index is 13.7. The Hall–Kier alpha value is -2.78. The third-order valence-electron chi connectivity index (χ3n) is 5.56. The van der Waals surface area contributed by atoms with Gasteiger partial charge in [0, 0.05) is 31.3 Å². The lowest BCUT2D eigenvalue weighted by Gasteiger charge is -2.52. The third kappa shape index (κ3) is 2.38. The minimum Gasteiger partial charge on any atom is -0.344 e. The average Bonchev–Trinajstić information content (AvgIpc) is 3.28. The lowest BCUT2D eigenvalue weighted by Crippen LogP contribution is -2.65. The molecule has 2 atom stereocenters. The number of rotatable bonds is 3. The Bertz CT molecular complexity index is 888. The molecular weight excluding hydrogens is 354 g/mol. The summed E-state index contributed by atoms with van der Waals surface area (Å²) < 4.78 is 29.0. The van der Waals surface area contributed by atoms with Crippen LogP contribution in [0, 0.1) is 0 Å². The summed E-state index contributed by atoms with van der Waals surface area (Å²) in [5, 5.41) is 4.36. The molecule has 0 radical (unpaired) electrons. The number of hydrazone groups is 1. The highest BCUT2D eigenvalue weighted by molar-refractivity contribution is 6.01. The predicted molar refractivity (Wildman–Crippen MR) is 96.2 cm³/mol. The number of halogens is 2. The molecule has 1 aliphatic carbocycles. The van der Waals surface area contributed by atoms with Gasteiger partial charge in [0.1, 0.15) is 24.0 Å². The first-order valence-corrected chi connectivity index (χ1v) is 9.09. The molecule has 1 N–H and O–H groups in total. The number of alkyl halides is 2. The number of fused-ring (bicyclic) bond motifs is 3. The van der Waals surface area contributed by atoms with E-state index >= 15 is 0 Å². The molecule has 0 saturated heterocycles. The number of aromatic nitrogens is 4. The predicted octanol–water partition coefficient (Wildman–Crippen LogP) is 2.13. The van der Waals surface area contributed by atoms with Crippen molar-refractivity contribution in [2.45, 2.75) is 57.3 Å². The lowest BCUT2D eigenvalue weighted by atomic mass is 9.84. The minimum absolute atomic E-state index is 0.0228. The summed E-state index contributed by atoms with van der Waals surface area (Å²) in [6.45, 7) is 3.98. The van der Waals surface area contributed by atoms with E-state index in [2.05, 4.69) is 37.2 Å². The lowest BCUT2D eigenvalue weighted by molar-refractivity contribution is -0.0880. The zero-order valence-electron chi connectivity index (χ0n) is 15.0. The second-order valence-corrected chi connectivity index (χ2v) is 7.25. The van der Waals surface area contributed by atoms with Crippen LogP contribution in [0.5, 0.6) is 0 Å². The summed E-state index contributed by atoms with van der Waals surface area (Å²) >= 11 is 0. The maximum Gasteiger partial charge on any atom is 0.252 e. The summed E-state index contributed by atoms with van der Waals surface area (Å²) in [5.41, 5.74) is 3.95. The Kier molecular flexibility index (Phi) is 3.40. The Morgan fingerprint density at radius 3 is 2.81 bits per heavy atom. The van der Waals surface area contributed by atoms with E-state index in [4.69, 9.17) is 4.98 Å². The van der Waals surface area contributed by atoms with Gasteiger partial charge in [0.05, 0.1) is 12.2 Å². The van der Waals surface area contributed by atoms with Crippen LogP contribution in [0.25, 0.3) is 5.95 Å². The Balaban J connectivity index is 1.64. The van der Waals surface area contributed by atoms with E-state index in [1.54, 1.807) is 29.5 Å². The fraction of sp³-hybridized carbons (Fsp3) is 0.529. The molecule has 8 nitrogen and oxygen atoms in total. The molecule has 0 bridgehead atoms. The number of hydrogen-bond donors (Lipinski definition) is 1. The molecule has 0 amide bonds. The smallest absolute Gasteiger partial charge is 0.252 e. The monoisotopic (exact) mass is 374 g/mol. The zero-order valence-corrected chi connectivity index (χ0v) is 15.0. The number of imidazole rings is 1. The Morgan fingerprint density at radius 1 is 1.33 bits per heavy atom. The van der Waals surface area contributed by atoms with E-state index in [1.807, 2.05) is 6.92 Å². The van der Waals surface area contributed by atoms with Crippen molar-refractivity contribution >= 4 is 17.3 Å². The summed E-state index contributed by atoms with van der Waals surface area (Å²) in [7, 11) is 0. The van der Waals surface area contributed by atoms with Crippen molar-refractivity contribution in [3.8, 4) is 5.95 Å². The van der Waals surface area contributed by atoms with Crippen LogP contribution in [0.15, 0.2) is 30.0 Å². The SMILES string of the molecule is CC[C@@H]1C2NN=C(C)N2c2cnc(-n3ccnc3)nc2N1C1CC(F)(F)C1. The highest BCUT2D eigenvalue weighted by Crippen LogP contribution is 2.47. The van der Waals surface area contributed by atoms with Crippen LogP contribution in [0.4, 0.5) is 20.3 Å². The van der Waals surface area contributed by atoms with Gasteiger partial charge in [-0.3, -0.25) is 14.9 Å². The minimum atomic E-state index is -2.60. The standard InChI is InChI=1S/C17H20F2N8/c1-3-12-15-24-23-10(2)26(15)13-8-21-16(25-5-4-20-9-25)22-14(13)27(12)11-6-17(18,19)7-11/h4-5,8-9,11-12,15,24H,3,6-7H2,1-2H3/t12-,15?/m1/s1. The summed E-state index contributed by atoms with van der Waals surface area (Å²) in [6, 6.07) is -0.274. The van der Waals surface area contributed by atoms with Gasteiger partial charge in [-0.1, -0.05) is 6.92 Å². The molecule has 0 spiro atoms. The molecule has 2 aliphatic heterocycles. The van der Waals surface area contributed by atoms with E-state index in [0.29, 0.717) is 11.8 Å². The van der Waals surface area contributed by atoms with Crippen molar-refractivity contribution in [1.82, 2.24) is 24.9 Å². The van der Waals surface area contributed by atoms with Gasteiger partial charge in [-0.2, -0.15) is 10.1 Å². The fourth-order valence-electron chi connectivity index (χ4n) is 4.27. The van der Waals surface area contributed by atoms with E-state index in [-0.39, 0.29) is 31.1 Å². The molecule has 142 valence electrons. The van der Waals surface area contributed by atoms with Gasteiger partial charge >= 0.3 is 0 Å². The molecule has 2 aromatic heterocycles. The van der Waals surface area contributed by atoms with Gasteiger partial charge in [-0.15, -0.1) is 0 Å². The summed E-state index contributed by atoms with van der Waals surface area (Å²) in [6.07, 6.45) is 7.14. The van der Waals surface area contributed by atoms with Crippen LogP contribution in [0.2, 0.25) is 0 Å². The molecule has 27 heavy (non-hydrogen) atoms. The van der Waals surface area contributed by atoms with Gasteiger partial charge < -0.3 is 4.90 Å². The number of anilines is 2. The van der Waals surface area contributed by atoms with E-state index in [0.717, 1.165) is 17.9 Å². The molecule has 4 heterocycles. The molecule has 3 aliphatic rings. The van der Waals surface area contributed by atoms with Crippen molar-refractivity contribution in [2.75, 3.05) is 9.80 Å². The van der Waals surface area contributed by atoms with Crippen LogP contribution < -0.4 is 15.2 Å². The molecule has 1 saturated carbocycles. The molecule has 0 aromatic carbocycles. The Morgan fingerprint density at radius 2 is 2.15 bits per heavy atom. The number of hydrogen-bond acceptors (Lipinski definition) is 7. The normalized spacial score (nSPS) is 26.1. The maximum absolute atomic E-state index is 13.7. The van der Waals surface area contributed by atoms with Gasteiger partial charge in [0.2, 0.25) is 5.95 Å². The molecule has 2 aromatic rings. The first-order valence-electron chi connectivity index (χ1n) is 9.09. The van der Waals surface area contributed by atoms with Crippen LogP contribution in [0.3, 0.4) is 0 Å². The quantitative estimate of drug-likeness (QED) is 0.887. The topological polar surface area (TPSA) is 74.5 Å². The van der Waals surface area contributed by atoms with Gasteiger partial charge in [0.25, 0.3) is 5.92 Å². The summed E-state index contributed by atoms with van der Waals surface area (Å²) in [5.74, 6) is -0.638. The molecular formula is C17H20F2N8. The molecule has 10 heteroatoms. The first kappa shape index (κ1) is 16.4. The van der Waals surface area contributed by atoms with E-state index in [1.165, 1.54) is 0 Å². The number of amidine groups is 1. The second-order valence-electron chi connectivity index (χ2n) is 7.25. The van der Waals surface area contributed by atoms with Gasteiger partial charge in [-0.25, -0.2) is 18.7 Å². The van der Waals surface area contributed by atoms with Crippen LogP contribution in [-0.4, -0.2) is 49.5 Å². The zero-order chi connectivity index (χ0) is 18.8. The van der Waals surface area contributed by atoms with Crippen molar-refractivity contribution in [3.05, 3.63) is 24.9 Å². The van der Waals surface area contributed by atoms with Crippen molar-refractivity contribution in [3.63, 3.8) is 0 Å².